The molecule has 1 aromatic heterocycles. The summed E-state index contributed by atoms with van der Waals surface area (Å²) in [6.07, 6.45) is 1.22. The number of nitrogens with one attached hydrogen (secondary N) is 1. The molecular weight excluding hydrogens is 226 g/mol. The van der Waals surface area contributed by atoms with Crippen molar-refractivity contribution in [3.63, 3.8) is 0 Å². The van der Waals surface area contributed by atoms with E-state index in [0.717, 1.165) is 13.1 Å². The van der Waals surface area contributed by atoms with E-state index in [0.29, 0.717) is 5.41 Å². The quantitative estimate of drug-likeness (QED) is 0.788. The minimum atomic E-state index is 0.420. The Morgan fingerprint density at radius 1 is 1.18 bits per heavy atom. The number of rotatable bonds is 4. The van der Waals surface area contributed by atoms with Crippen LogP contribution in [0.1, 0.15) is 32.8 Å². The maximum absolute atomic E-state index is 3.54. The topological polar surface area (TPSA) is 12.0 Å². The summed E-state index contributed by atoms with van der Waals surface area (Å²) >= 11 is 1.84. The molecule has 1 heterocycles. The van der Waals surface area contributed by atoms with Crippen LogP contribution in [0.4, 0.5) is 0 Å². The van der Waals surface area contributed by atoms with Gasteiger partial charge in [-0.2, -0.15) is 0 Å². The van der Waals surface area contributed by atoms with Gasteiger partial charge in [0.15, 0.2) is 0 Å². The largest absolute Gasteiger partial charge is 0.313 e. The molecule has 0 bridgehead atoms. The number of benzene rings is 1. The summed E-state index contributed by atoms with van der Waals surface area (Å²) in [7, 11) is 0. The zero-order chi connectivity index (χ0) is 12.3. The molecule has 2 aromatic rings. The third-order valence-electron chi connectivity index (χ3n) is 2.93. The Kier molecular flexibility index (Phi) is 3.85. The number of hydrogen-bond acceptors (Lipinski definition) is 2. The van der Waals surface area contributed by atoms with Crippen molar-refractivity contribution >= 4 is 21.4 Å². The van der Waals surface area contributed by atoms with Crippen LogP contribution < -0.4 is 5.32 Å². The van der Waals surface area contributed by atoms with Gasteiger partial charge in [-0.05, 0) is 40.8 Å². The molecule has 0 radical (unpaired) electrons. The number of hydrogen-bond donors (Lipinski definition) is 1. The molecule has 0 unspecified atom stereocenters. The molecular formula is C15H21NS. The summed E-state index contributed by atoms with van der Waals surface area (Å²) in [6, 6.07) is 8.63. The van der Waals surface area contributed by atoms with E-state index < -0.39 is 0 Å². The Bertz CT molecular complexity index is 479. The summed E-state index contributed by atoms with van der Waals surface area (Å²) in [6.45, 7) is 8.94. The van der Waals surface area contributed by atoms with Gasteiger partial charge in [-0.25, -0.2) is 0 Å². The van der Waals surface area contributed by atoms with E-state index in [9.17, 15) is 0 Å². The summed E-state index contributed by atoms with van der Waals surface area (Å²) < 4.78 is 1.39. The summed E-state index contributed by atoms with van der Waals surface area (Å²) in [4.78, 5) is 0. The van der Waals surface area contributed by atoms with Crippen molar-refractivity contribution in [3.8, 4) is 0 Å². The Hall–Kier alpha value is -0.860. The highest BCUT2D eigenvalue weighted by Gasteiger charge is 2.09. The zero-order valence-electron chi connectivity index (χ0n) is 10.9. The van der Waals surface area contributed by atoms with Crippen LogP contribution in [0.3, 0.4) is 0 Å². The lowest BCUT2D eigenvalue weighted by atomic mass is 9.92. The number of thiophene rings is 1. The van der Waals surface area contributed by atoms with Gasteiger partial charge in [0.25, 0.3) is 0 Å². The summed E-state index contributed by atoms with van der Waals surface area (Å²) in [5.74, 6) is 0. The van der Waals surface area contributed by atoms with E-state index in [1.165, 1.54) is 22.1 Å². The fourth-order valence-corrected chi connectivity index (χ4v) is 2.82. The molecule has 92 valence electrons. The molecule has 1 nitrogen and oxygen atoms in total. The molecule has 0 aliphatic rings. The van der Waals surface area contributed by atoms with Crippen LogP contribution in [0, 0.1) is 5.41 Å². The number of fused-ring (bicyclic) bond motifs is 1. The molecule has 0 spiro atoms. The van der Waals surface area contributed by atoms with Crippen LogP contribution in [-0.2, 0) is 6.54 Å². The first kappa shape index (κ1) is 12.6. The lowest BCUT2D eigenvalue weighted by Crippen LogP contribution is -2.19. The fourth-order valence-electron chi connectivity index (χ4n) is 1.86. The van der Waals surface area contributed by atoms with E-state index in [1.807, 2.05) is 11.3 Å². The van der Waals surface area contributed by atoms with Crippen LogP contribution >= 0.6 is 11.3 Å². The third-order valence-corrected chi connectivity index (χ3v) is 3.94. The molecule has 0 fully saturated rings. The normalized spacial score (nSPS) is 12.2. The molecule has 1 aromatic carbocycles. The van der Waals surface area contributed by atoms with Gasteiger partial charge >= 0.3 is 0 Å². The van der Waals surface area contributed by atoms with Crippen LogP contribution in [0.25, 0.3) is 10.1 Å². The standard InChI is InChI=1S/C15H21NS/c1-15(2,3)8-9-16-10-12-11-17-14-7-5-4-6-13(12)14/h4-7,11,16H,8-10H2,1-3H3. The van der Waals surface area contributed by atoms with Gasteiger partial charge in [-0.15, -0.1) is 11.3 Å². The molecule has 2 heteroatoms. The maximum Gasteiger partial charge on any atom is 0.0346 e. The van der Waals surface area contributed by atoms with Gasteiger partial charge in [0.2, 0.25) is 0 Å². The second-order valence-electron chi connectivity index (χ2n) is 5.74. The second kappa shape index (κ2) is 5.19. The monoisotopic (exact) mass is 247 g/mol. The molecule has 17 heavy (non-hydrogen) atoms. The highest BCUT2D eigenvalue weighted by atomic mass is 32.1. The lowest BCUT2D eigenvalue weighted by Gasteiger charge is -2.17. The Labute approximate surface area is 108 Å². The Balaban J connectivity index is 1.91. The van der Waals surface area contributed by atoms with E-state index in [2.05, 4.69) is 55.7 Å². The minimum Gasteiger partial charge on any atom is -0.313 e. The van der Waals surface area contributed by atoms with Gasteiger partial charge in [0, 0.05) is 11.2 Å². The predicted octanol–water partition coefficient (Wildman–Crippen LogP) is 4.43. The molecule has 0 amide bonds. The molecule has 0 saturated heterocycles. The molecule has 1 N–H and O–H groups in total. The van der Waals surface area contributed by atoms with Crippen LogP contribution in [0.2, 0.25) is 0 Å². The lowest BCUT2D eigenvalue weighted by molar-refractivity contribution is 0.367. The van der Waals surface area contributed by atoms with Crippen LogP contribution in [0.5, 0.6) is 0 Å². The summed E-state index contributed by atoms with van der Waals surface area (Å²) in [5, 5.41) is 7.22. The first-order chi connectivity index (χ1) is 8.06. The average Bonchev–Trinajstić information content (AvgIpc) is 2.67. The van der Waals surface area contributed by atoms with Crippen LogP contribution in [0.15, 0.2) is 29.6 Å². The summed E-state index contributed by atoms with van der Waals surface area (Å²) in [5.41, 5.74) is 1.85. The predicted molar refractivity (Wildman–Crippen MR) is 77.6 cm³/mol. The molecule has 0 aliphatic carbocycles. The van der Waals surface area contributed by atoms with E-state index in [4.69, 9.17) is 0 Å². The SMILES string of the molecule is CC(C)(C)CCNCc1csc2ccccc12. The third kappa shape index (κ3) is 3.55. The average molecular weight is 247 g/mol. The molecule has 0 saturated carbocycles. The first-order valence-electron chi connectivity index (χ1n) is 6.22. The van der Waals surface area contributed by atoms with Crippen molar-refractivity contribution in [1.82, 2.24) is 5.32 Å². The van der Waals surface area contributed by atoms with Crippen molar-refractivity contribution in [1.29, 1.82) is 0 Å². The molecule has 2 rings (SSSR count). The van der Waals surface area contributed by atoms with E-state index >= 15 is 0 Å². The van der Waals surface area contributed by atoms with E-state index in [-0.39, 0.29) is 0 Å². The van der Waals surface area contributed by atoms with Crippen molar-refractivity contribution in [2.75, 3.05) is 6.54 Å². The maximum atomic E-state index is 3.54. The smallest absolute Gasteiger partial charge is 0.0346 e. The minimum absolute atomic E-state index is 0.420. The van der Waals surface area contributed by atoms with Gasteiger partial charge in [0.1, 0.15) is 0 Å². The van der Waals surface area contributed by atoms with Crippen molar-refractivity contribution in [2.45, 2.75) is 33.7 Å². The second-order valence-corrected chi connectivity index (χ2v) is 6.66. The van der Waals surface area contributed by atoms with Crippen molar-refractivity contribution < 1.29 is 0 Å². The highest BCUT2D eigenvalue weighted by Crippen LogP contribution is 2.25. The zero-order valence-corrected chi connectivity index (χ0v) is 11.7. The van der Waals surface area contributed by atoms with Crippen molar-refractivity contribution in [3.05, 3.63) is 35.2 Å². The van der Waals surface area contributed by atoms with Crippen LogP contribution in [-0.4, -0.2) is 6.54 Å². The highest BCUT2D eigenvalue weighted by molar-refractivity contribution is 7.17. The van der Waals surface area contributed by atoms with Gasteiger partial charge < -0.3 is 5.32 Å². The van der Waals surface area contributed by atoms with Gasteiger partial charge in [-0.3, -0.25) is 0 Å². The van der Waals surface area contributed by atoms with Crippen molar-refractivity contribution in [2.24, 2.45) is 5.41 Å². The fraction of sp³-hybridized carbons (Fsp3) is 0.467. The molecule has 0 atom stereocenters. The Morgan fingerprint density at radius 3 is 2.71 bits per heavy atom. The van der Waals surface area contributed by atoms with Gasteiger partial charge in [0.05, 0.1) is 0 Å². The first-order valence-corrected chi connectivity index (χ1v) is 7.10. The van der Waals surface area contributed by atoms with E-state index in [1.54, 1.807) is 0 Å². The van der Waals surface area contributed by atoms with Gasteiger partial charge in [-0.1, -0.05) is 39.0 Å². The molecule has 0 aliphatic heterocycles. The Morgan fingerprint density at radius 2 is 1.94 bits per heavy atom.